The van der Waals surface area contributed by atoms with E-state index in [0.717, 1.165) is 6.42 Å². The monoisotopic (exact) mass is 227 g/mol. The fraction of sp³-hybridized carbons (Fsp3) is 0.500. The SMILES string of the molecule is CCC=C(C)C(=O)ON.O=S(=O)(O)O. The van der Waals surface area contributed by atoms with E-state index in [4.69, 9.17) is 17.5 Å². The highest BCUT2D eigenvalue weighted by Gasteiger charge is 2.00. The lowest BCUT2D eigenvalue weighted by Gasteiger charge is -1.94. The van der Waals surface area contributed by atoms with Crippen molar-refractivity contribution in [1.29, 1.82) is 0 Å². The van der Waals surface area contributed by atoms with E-state index in [2.05, 4.69) is 10.7 Å². The van der Waals surface area contributed by atoms with Crippen molar-refractivity contribution in [1.82, 2.24) is 0 Å². The Morgan fingerprint density at radius 3 is 2.07 bits per heavy atom. The van der Waals surface area contributed by atoms with Gasteiger partial charge in [-0.2, -0.15) is 14.3 Å². The molecule has 0 heterocycles. The highest BCUT2D eigenvalue weighted by molar-refractivity contribution is 7.79. The van der Waals surface area contributed by atoms with Crippen LogP contribution in [0.1, 0.15) is 20.3 Å². The summed E-state index contributed by atoms with van der Waals surface area (Å²) >= 11 is 0. The summed E-state index contributed by atoms with van der Waals surface area (Å²) in [6.07, 6.45) is 2.58. The molecule has 0 spiro atoms. The molecule has 4 N–H and O–H groups in total. The summed E-state index contributed by atoms with van der Waals surface area (Å²) in [5.41, 5.74) is 0.556. The highest BCUT2D eigenvalue weighted by atomic mass is 32.3. The topological polar surface area (TPSA) is 127 Å². The third-order valence-electron chi connectivity index (χ3n) is 0.939. The maximum atomic E-state index is 10.5. The first-order valence-corrected chi connectivity index (χ1v) is 4.89. The summed E-state index contributed by atoms with van der Waals surface area (Å²) in [6.45, 7) is 3.60. The Morgan fingerprint density at radius 1 is 1.50 bits per heavy atom. The quantitative estimate of drug-likeness (QED) is 0.347. The van der Waals surface area contributed by atoms with Gasteiger partial charge in [-0.1, -0.05) is 13.0 Å². The Kier molecular flexibility index (Phi) is 8.25. The minimum atomic E-state index is -4.67. The van der Waals surface area contributed by atoms with Crippen LogP contribution in [0.4, 0.5) is 0 Å². The molecule has 0 atom stereocenters. The standard InChI is InChI=1S/C6H11NO2.H2O4S/c1-3-4-5(2)6(8)9-7;1-5(2,3)4/h4H,3,7H2,1-2H3;(H2,1,2,3,4). The second-order valence-electron chi connectivity index (χ2n) is 2.15. The maximum Gasteiger partial charge on any atom is 0.394 e. The third kappa shape index (κ3) is 17.2. The van der Waals surface area contributed by atoms with Gasteiger partial charge in [0.15, 0.2) is 0 Å². The molecule has 0 bridgehead atoms. The van der Waals surface area contributed by atoms with Crippen LogP contribution in [0.25, 0.3) is 0 Å². The lowest BCUT2D eigenvalue weighted by molar-refractivity contribution is -0.139. The molecule has 0 aliphatic carbocycles. The normalized spacial score (nSPS) is 11.4. The summed E-state index contributed by atoms with van der Waals surface area (Å²) in [5, 5.41) is 0. The van der Waals surface area contributed by atoms with Crippen molar-refractivity contribution < 1.29 is 27.2 Å². The molecule has 0 amide bonds. The summed E-state index contributed by atoms with van der Waals surface area (Å²) in [7, 11) is -4.67. The second-order valence-corrected chi connectivity index (χ2v) is 3.04. The van der Waals surface area contributed by atoms with Crippen LogP contribution in [-0.2, 0) is 20.0 Å². The van der Waals surface area contributed by atoms with E-state index in [-0.39, 0.29) is 0 Å². The Labute approximate surface area is 82.1 Å². The van der Waals surface area contributed by atoms with E-state index >= 15 is 0 Å². The van der Waals surface area contributed by atoms with E-state index in [1.807, 2.05) is 6.92 Å². The molecule has 0 aliphatic rings. The van der Waals surface area contributed by atoms with Gasteiger partial charge in [0.25, 0.3) is 0 Å². The molecule has 8 heteroatoms. The number of rotatable bonds is 2. The molecule has 0 unspecified atom stereocenters. The van der Waals surface area contributed by atoms with Crippen molar-refractivity contribution in [2.45, 2.75) is 20.3 Å². The molecule has 0 aromatic rings. The van der Waals surface area contributed by atoms with Gasteiger partial charge in [-0.3, -0.25) is 9.11 Å². The first-order chi connectivity index (χ1) is 6.22. The fourth-order valence-electron chi connectivity index (χ4n) is 0.482. The van der Waals surface area contributed by atoms with Crippen LogP contribution in [0.5, 0.6) is 0 Å². The van der Waals surface area contributed by atoms with Gasteiger partial charge < -0.3 is 4.84 Å². The third-order valence-corrected chi connectivity index (χ3v) is 0.939. The van der Waals surface area contributed by atoms with Gasteiger partial charge in [0.2, 0.25) is 0 Å². The van der Waals surface area contributed by atoms with Crippen molar-refractivity contribution in [2.24, 2.45) is 5.90 Å². The molecule has 0 saturated carbocycles. The number of nitrogens with two attached hydrogens (primary N) is 1. The second kappa shape index (κ2) is 7.44. The molecule has 14 heavy (non-hydrogen) atoms. The Bertz CT molecular complexity index is 285. The van der Waals surface area contributed by atoms with Gasteiger partial charge in [0.1, 0.15) is 0 Å². The van der Waals surface area contributed by atoms with Crippen molar-refractivity contribution in [2.75, 3.05) is 0 Å². The van der Waals surface area contributed by atoms with Crippen LogP contribution in [0.15, 0.2) is 11.6 Å². The largest absolute Gasteiger partial charge is 0.394 e. The molecule has 0 radical (unpaired) electrons. The van der Waals surface area contributed by atoms with E-state index < -0.39 is 16.4 Å². The van der Waals surface area contributed by atoms with Gasteiger partial charge in [-0.15, -0.1) is 0 Å². The van der Waals surface area contributed by atoms with Crippen molar-refractivity contribution >= 4 is 16.4 Å². The van der Waals surface area contributed by atoms with E-state index in [1.165, 1.54) is 0 Å². The number of allylic oxidation sites excluding steroid dienone is 1. The zero-order chi connectivity index (χ0) is 11.8. The number of hydrogen-bond acceptors (Lipinski definition) is 5. The fourth-order valence-corrected chi connectivity index (χ4v) is 0.482. The Morgan fingerprint density at radius 2 is 1.86 bits per heavy atom. The Balaban J connectivity index is 0. The average molecular weight is 227 g/mol. The van der Waals surface area contributed by atoms with Crippen LogP contribution in [-0.4, -0.2) is 23.5 Å². The first-order valence-electron chi connectivity index (χ1n) is 3.50. The van der Waals surface area contributed by atoms with Gasteiger partial charge in [0, 0.05) is 5.57 Å². The minimum Gasteiger partial charge on any atom is -0.370 e. The predicted molar refractivity (Wildman–Crippen MR) is 48.5 cm³/mol. The smallest absolute Gasteiger partial charge is 0.370 e. The Hall–Kier alpha value is -0.960. The number of carbonyl (C=O) groups is 1. The molecule has 7 nitrogen and oxygen atoms in total. The van der Waals surface area contributed by atoms with Crippen LogP contribution in [0, 0.1) is 0 Å². The van der Waals surface area contributed by atoms with Crippen LogP contribution in [0.2, 0.25) is 0 Å². The molecule has 0 aromatic heterocycles. The summed E-state index contributed by atoms with van der Waals surface area (Å²) in [4.78, 5) is 14.4. The molecule has 0 aromatic carbocycles. The lowest BCUT2D eigenvalue weighted by Crippen LogP contribution is -2.10. The van der Waals surface area contributed by atoms with Gasteiger partial charge >= 0.3 is 16.4 Å². The number of hydrogen-bond donors (Lipinski definition) is 3. The van der Waals surface area contributed by atoms with Gasteiger partial charge in [0.05, 0.1) is 0 Å². The summed E-state index contributed by atoms with van der Waals surface area (Å²) < 4.78 is 31.6. The lowest BCUT2D eigenvalue weighted by atomic mass is 10.2. The van der Waals surface area contributed by atoms with Crippen LogP contribution in [0.3, 0.4) is 0 Å². The highest BCUT2D eigenvalue weighted by Crippen LogP contribution is 1.95. The van der Waals surface area contributed by atoms with Crippen molar-refractivity contribution in [3.8, 4) is 0 Å². The minimum absolute atomic E-state index is 0.461. The predicted octanol–water partition coefficient (Wildman–Crippen LogP) is 0.107. The number of carbonyl (C=O) groups excluding carboxylic acids is 1. The average Bonchev–Trinajstić information content (AvgIpc) is 2.00. The molecule has 0 rings (SSSR count). The zero-order valence-corrected chi connectivity index (χ0v) is 8.61. The zero-order valence-electron chi connectivity index (χ0n) is 7.80. The molecular weight excluding hydrogens is 214 g/mol. The van der Waals surface area contributed by atoms with Gasteiger partial charge in [-0.25, -0.2) is 4.79 Å². The van der Waals surface area contributed by atoms with E-state index in [1.54, 1.807) is 13.0 Å². The van der Waals surface area contributed by atoms with Crippen LogP contribution >= 0.6 is 0 Å². The molecular formula is C6H13NO6S. The molecule has 84 valence electrons. The van der Waals surface area contributed by atoms with E-state index in [9.17, 15) is 4.79 Å². The molecule has 0 aliphatic heterocycles. The van der Waals surface area contributed by atoms with Crippen molar-refractivity contribution in [3.05, 3.63) is 11.6 Å². The van der Waals surface area contributed by atoms with E-state index in [0.29, 0.717) is 5.57 Å². The van der Waals surface area contributed by atoms with Crippen LogP contribution < -0.4 is 5.90 Å². The van der Waals surface area contributed by atoms with Gasteiger partial charge in [-0.05, 0) is 13.3 Å². The molecule has 0 saturated heterocycles. The summed E-state index contributed by atoms with van der Waals surface area (Å²) in [5.74, 6) is 4.15. The van der Waals surface area contributed by atoms with Crippen molar-refractivity contribution in [3.63, 3.8) is 0 Å². The summed E-state index contributed by atoms with van der Waals surface area (Å²) in [6, 6.07) is 0. The maximum absolute atomic E-state index is 10.5. The molecule has 0 fully saturated rings. The first kappa shape index (κ1) is 15.5.